The Balaban J connectivity index is 1.88. The van der Waals surface area contributed by atoms with Crippen LogP contribution in [0, 0.1) is 0 Å². The summed E-state index contributed by atoms with van der Waals surface area (Å²) >= 11 is 5.32. The predicted molar refractivity (Wildman–Crippen MR) is 101 cm³/mol. The van der Waals surface area contributed by atoms with E-state index < -0.39 is 12.8 Å². The first-order valence-electron chi connectivity index (χ1n) is 8.32. The van der Waals surface area contributed by atoms with Crippen molar-refractivity contribution >= 4 is 30.8 Å². The third-order valence-electron chi connectivity index (χ3n) is 3.27. The van der Waals surface area contributed by atoms with Gasteiger partial charge in [-0.25, -0.2) is 4.79 Å². The van der Waals surface area contributed by atoms with Gasteiger partial charge in [-0.05, 0) is 43.7 Å². The summed E-state index contributed by atoms with van der Waals surface area (Å²) in [5.41, 5.74) is 0.744. The summed E-state index contributed by atoms with van der Waals surface area (Å²) in [7, 11) is 0. The lowest BCUT2D eigenvalue weighted by Crippen LogP contribution is -2.40. The third kappa shape index (κ3) is 6.66. The first kappa shape index (κ1) is 20.8. The van der Waals surface area contributed by atoms with E-state index in [-0.39, 0.29) is 0 Å². The van der Waals surface area contributed by atoms with Gasteiger partial charge in [0.1, 0.15) is 5.75 Å². The molecule has 0 N–H and O–H groups in total. The molecule has 8 nitrogen and oxygen atoms in total. The van der Waals surface area contributed by atoms with E-state index in [0.717, 1.165) is 5.56 Å². The van der Waals surface area contributed by atoms with Crippen LogP contribution in [0.1, 0.15) is 19.4 Å². The summed E-state index contributed by atoms with van der Waals surface area (Å²) in [5.74, 6) is 0.540. The van der Waals surface area contributed by atoms with Gasteiger partial charge in [0.2, 0.25) is 0 Å². The minimum atomic E-state index is -2.79. The third-order valence-corrected chi connectivity index (χ3v) is 5.71. The summed E-state index contributed by atoms with van der Waals surface area (Å²) in [6.07, 6.45) is 0.960. The Kier molecular flexibility index (Phi) is 8.47. The van der Waals surface area contributed by atoms with Crippen LogP contribution >= 0.6 is 6.72 Å². The molecule has 1 aliphatic heterocycles. The summed E-state index contributed by atoms with van der Waals surface area (Å²) < 4.78 is 21.7. The summed E-state index contributed by atoms with van der Waals surface area (Å²) in [6, 6.07) is 6.98. The van der Waals surface area contributed by atoms with Crippen LogP contribution in [0.3, 0.4) is 0 Å². The molecule has 1 fully saturated rings. The number of hydrogen-bond acceptors (Lipinski definition) is 8. The second-order valence-electron chi connectivity index (χ2n) is 5.13. The number of ether oxygens (including phenoxy) is 1. The zero-order valence-electron chi connectivity index (χ0n) is 14.8. The highest BCUT2D eigenvalue weighted by atomic mass is 32.5. The highest BCUT2D eigenvalue weighted by Crippen LogP contribution is 2.49. The monoisotopic (exact) mass is 402 g/mol. The van der Waals surface area contributed by atoms with Crippen molar-refractivity contribution in [1.82, 2.24) is 4.90 Å². The molecule has 1 aromatic rings. The van der Waals surface area contributed by atoms with E-state index in [1.807, 2.05) is 13.8 Å². The van der Waals surface area contributed by atoms with Crippen molar-refractivity contribution < 1.29 is 27.9 Å². The average Bonchev–Trinajstić information content (AvgIpc) is 2.64. The molecule has 26 heavy (non-hydrogen) atoms. The highest BCUT2D eigenvalue weighted by molar-refractivity contribution is 8.07. The van der Waals surface area contributed by atoms with Gasteiger partial charge in [0.15, 0.2) is 0 Å². The molecule has 0 atom stereocenters. The summed E-state index contributed by atoms with van der Waals surface area (Å²) in [4.78, 5) is 18.2. The minimum absolute atomic E-state index is 0.413. The maximum absolute atomic E-state index is 11.8. The first-order chi connectivity index (χ1) is 12.6. The second-order valence-corrected chi connectivity index (χ2v) is 8.07. The van der Waals surface area contributed by atoms with Gasteiger partial charge < -0.3 is 14.2 Å². The number of nitrogens with zero attached hydrogens (tertiary/aromatic N) is 2. The molecule has 0 bridgehead atoms. The Bertz CT molecular complexity index is 639. The van der Waals surface area contributed by atoms with E-state index in [9.17, 15) is 4.79 Å². The molecule has 2 rings (SSSR count). The molecule has 0 saturated carbocycles. The van der Waals surface area contributed by atoms with Gasteiger partial charge in [0, 0.05) is 24.9 Å². The predicted octanol–water partition coefficient (Wildman–Crippen LogP) is 3.17. The van der Waals surface area contributed by atoms with Gasteiger partial charge in [-0.2, -0.15) is 0 Å². The number of carbonyl (C=O) groups is 1. The minimum Gasteiger partial charge on any atom is -0.424 e. The topological polar surface area (TPSA) is 78.8 Å². The van der Waals surface area contributed by atoms with Crippen molar-refractivity contribution in [2.45, 2.75) is 13.8 Å². The maximum Gasteiger partial charge on any atom is 0.436 e. The van der Waals surface area contributed by atoms with Gasteiger partial charge in [0.05, 0.1) is 32.6 Å². The van der Waals surface area contributed by atoms with Crippen LogP contribution in [0.15, 0.2) is 29.4 Å². The van der Waals surface area contributed by atoms with Gasteiger partial charge in [-0.3, -0.25) is 13.9 Å². The molecule has 0 aromatic heterocycles. The van der Waals surface area contributed by atoms with E-state index in [4.69, 9.17) is 35.0 Å². The standard InChI is InChI=1S/C16H23N2O6PS/c1-3-21-25(26,22-4-2)24-15-7-5-14(6-8-15)13-17-23-16(19)18-9-11-20-12-10-18/h5-8,13H,3-4,9-12H2,1-2H3/b17-13+. The molecule has 1 saturated heterocycles. The lowest BCUT2D eigenvalue weighted by atomic mass is 10.2. The van der Waals surface area contributed by atoms with E-state index in [2.05, 4.69) is 5.16 Å². The van der Waals surface area contributed by atoms with Gasteiger partial charge in [0.25, 0.3) is 0 Å². The molecule has 1 heterocycles. The van der Waals surface area contributed by atoms with Crippen molar-refractivity contribution in [2.75, 3.05) is 39.5 Å². The highest BCUT2D eigenvalue weighted by Gasteiger charge is 2.21. The molecule has 0 unspecified atom stereocenters. The maximum atomic E-state index is 11.8. The smallest absolute Gasteiger partial charge is 0.424 e. The lowest BCUT2D eigenvalue weighted by molar-refractivity contribution is 0.0281. The number of amides is 1. The van der Waals surface area contributed by atoms with Crippen LogP contribution < -0.4 is 4.52 Å². The fourth-order valence-electron chi connectivity index (χ4n) is 2.09. The van der Waals surface area contributed by atoms with Crippen molar-refractivity contribution in [3.8, 4) is 5.75 Å². The summed E-state index contributed by atoms with van der Waals surface area (Å²) in [5, 5.41) is 3.72. The molecule has 0 aliphatic carbocycles. The van der Waals surface area contributed by atoms with E-state index in [1.165, 1.54) is 6.21 Å². The Morgan fingerprint density at radius 1 is 1.23 bits per heavy atom. The average molecular weight is 402 g/mol. The molecule has 0 radical (unpaired) electrons. The molecule has 0 spiro atoms. The van der Waals surface area contributed by atoms with Gasteiger partial charge >= 0.3 is 12.8 Å². The summed E-state index contributed by atoms with van der Waals surface area (Å²) in [6.45, 7) is 3.74. The van der Waals surface area contributed by atoms with Gasteiger partial charge in [-0.15, -0.1) is 0 Å². The molecule has 1 aliphatic rings. The molecule has 10 heteroatoms. The molecular weight excluding hydrogens is 379 g/mol. The zero-order chi connectivity index (χ0) is 18.8. The quantitative estimate of drug-likeness (QED) is 0.286. The van der Waals surface area contributed by atoms with Crippen molar-refractivity contribution in [1.29, 1.82) is 0 Å². The number of hydrogen-bond donors (Lipinski definition) is 0. The number of morpholine rings is 1. The largest absolute Gasteiger partial charge is 0.436 e. The fraction of sp³-hybridized carbons (Fsp3) is 0.500. The Labute approximate surface area is 158 Å². The SMILES string of the molecule is CCOP(=S)(OCC)Oc1ccc(/C=N/OC(=O)N2CCOCC2)cc1. The Hall–Kier alpha value is -1.51. The molecule has 1 amide bonds. The zero-order valence-corrected chi connectivity index (χ0v) is 16.5. The van der Waals surface area contributed by atoms with Gasteiger partial charge in [-0.1, -0.05) is 5.16 Å². The van der Waals surface area contributed by atoms with Crippen LogP contribution in [-0.4, -0.2) is 56.7 Å². The first-order valence-corrected chi connectivity index (χ1v) is 10.9. The number of rotatable bonds is 8. The van der Waals surface area contributed by atoms with Crippen LogP contribution in [0.25, 0.3) is 0 Å². The van der Waals surface area contributed by atoms with E-state index in [0.29, 0.717) is 45.3 Å². The van der Waals surface area contributed by atoms with Crippen molar-refractivity contribution in [3.63, 3.8) is 0 Å². The van der Waals surface area contributed by atoms with Crippen LogP contribution in [-0.2, 0) is 30.4 Å². The van der Waals surface area contributed by atoms with Crippen LogP contribution in [0.2, 0.25) is 0 Å². The fourth-order valence-corrected chi connectivity index (χ4v) is 4.17. The van der Waals surface area contributed by atoms with Crippen molar-refractivity contribution in [2.24, 2.45) is 5.16 Å². The second kappa shape index (κ2) is 10.6. The Morgan fingerprint density at radius 3 is 2.42 bits per heavy atom. The van der Waals surface area contributed by atoms with Crippen LogP contribution in [0.4, 0.5) is 4.79 Å². The number of oxime groups is 1. The normalized spacial score (nSPS) is 15.2. The molecule has 1 aromatic carbocycles. The number of benzene rings is 1. The van der Waals surface area contributed by atoms with E-state index in [1.54, 1.807) is 29.2 Å². The number of carbonyl (C=O) groups excluding carboxylic acids is 1. The molecular formula is C16H23N2O6PS. The molecule has 144 valence electrons. The Morgan fingerprint density at radius 2 is 1.85 bits per heavy atom. The van der Waals surface area contributed by atoms with Crippen molar-refractivity contribution in [3.05, 3.63) is 29.8 Å². The lowest BCUT2D eigenvalue weighted by Gasteiger charge is -2.24. The van der Waals surface area contributed by atoms with E-state index >= 15 is 0 Å². The van der Waals surface area contributed by atoms with Crippen LogP contribution in [0.5, 0.6) is 5.75 Å².